The summed E-state index contributed by atoms with van der Waals surface area (Å²) in [4.78, 5) is 0. The highest BCUT2D eigenvalue weighted by Crippen LogP contribution is 2.48. The largest absolute Gasteiger partial charge is 0.493 e. The van der Waals surface area contributed by atoms with Crippen LogP contribution in [-0.2, 0) is 6.54 Å². The Hall–Kier alpha value is -1.09. The standard InChI is InChI=1S/C15H20FNO/c16-14-2-1-3-15(13(14)8-17)18-9-12-7-10-4-5-11(12)6-10/h1-3,10-12H,4-9,17H2. The van der Waals surface area contributed by atoms with E-state index < -0.39 is 0 Å². The summed E-state index contributed by atoms with van der Waals surface area (Å²) in [5.41, 5.74) is 6.08. The molecule has 0 aromatic heterocycles. The van der Waals surface area contributed by atoms with Crippen molar-refractivity contribution in [3.63, 3.8) is 0 Å². The van der Waals surface area contributed by atoms with Crippen LogP contribution in [0.3, 0.4) is 0 Å². The lowest BCUT2D eigenvalue weighted by molar-refractivity contribution is 0.193. The van der Waals surface area contributed by atoms with Crippen molar-refractivity contribution in [2.75, 3.05) is 6.61 Å². The van der Waals surface area contributed by atoms with Gasteiger partial charge in [0.15, 0.2) is 0 Å². The van der Waals surface area contributed by atoms with Crippen LogP contribution in [-0.4, -0.2) is 6.61 Å². The van der Waals surface area contributed by atoms with Gasteiger partial charge in [0.1, 0.15) is 11.6 Å². The van der Waals surface area contributed by atoms with Crippen LogP contribution in [0.2, 0.25) is 0 Å². The lowest BCUT2D eigenvalue weighted by Gasteiger charge is -2.22. The smallest absolute Gasteiger partial charge is 0.131 e. The third-order valence-electron chi connectivity index (χ3n) is 4.62. The Morgan fingerprint density at radius 1 is 1.28 bits per heavy atom. The van der Waals surface area contributed by atoms with Crippen LogP contribution < -0.4 is 10.5 Å². The van der Waals surface area contributed by atoms with Crippen LogP contribution in [0.1, 0.15) is 31.2 Å². The van der Waals surface area contributed by atoms with E-state index >= 15 is 0 Å². The normalized spacial score (nSPS) is 29.8. The molecule has 0 heterocycles. The first-order valence-electron chi connectivity index (χ1n) is 6.88. The summed E-state index contributed by atoms with van der Waals surface area (Å²) >= 11 is 0. The summed E-state index contributed by atoms with van der Waals surface area (Å²) in [6.07, 6.45) is 5.42. The zero-order chi connectivity index (χ0) is 12.5. The highest BCUT2D eigenvalue weighted by atomic mass is 19.1. The zero-order valence-corrected chi connectivity index (χ0v) is 10.6. The summed E-state index contributed by atoms with van der Waals surface area (Å²) in [5.74, 6) is 2.79. The van der Waals surface area contributed by atoms with Gasteiger partial charge in [-0.1, -0.05) is 12.5 Å². The van der Waals surface area contributed by atoms with Crippen LogP contribution in [0.15, 0.2) is 18.2 Å². The number of halogens is 1. The monoisotopic (exact) mass is 249 g/mol. The van der Waals surface area contributed by atoms with Gasteiger partial charge in [-0.25, -0.2) is 4.39 Å². The van der Waals surface area contributed by atoms with E-state index in [2.05, 4.69) is 0 Å². The average molecular weight is 249 g/mol. The number of ether oxygens (including phenoxy) is 1. The van der Waals surface area contributed by atoms with E-state index in [1.54, 1.807) is 6.07 Å². The Bertz CT molecular complexity index is 435. The zero-order valence-electron chi connectivity index (χ0n) is 10.6. The molecule has 3 unspecified atom stereocenters. The predicted molar refractivity (Wildman–Crippen MR) is 68.7 cm³/mol. The Morgan fingerprint density at radius 3 is 2.83 bits per heavy atom. The molecule has 98 valence electrons. The van der Waals surface area contributed by atoms with Crippen LogP contribution in [0.4, 0.5) is 4.39 Å². The van der Waals surface area contributed by atoms with Crippen molar-refractivity contribution in [2.45, 2.75) is 32.2 Å². The van der Waals surface area contributed by atoms with Crippen molar-refractivity contribution in [1.82, 2.24) is 0 Å². The van der Waals surface area contributed by atoms with Gasteiger partial charge in [0.25, 0.3) is 0 Å². The number of hydrogen-bond acceptors (Lipinski definition) is 2. The molecule has 3 rings (SSSR count). The Labute approximate surface area is 107 Å². The molecule has 0 spiro atoms. The lowest BCUT2D eigenvalue weighted by Crippen LogP contribution is -2.19. The molecule has 2 fully saturated rings. The first kappa shape index (κ1) is 12.0. The molecule has 2 N–H and O–H groups in total. The Kier molecular flexibility index (Phi) is 3.25. The highest BCUT2D eigenvalue weighted by Gasteiger charge is 2.39. The molecule has 3 heteroatoms. The molecule has 2 saturated carbocycles. The molecule has 2 aliphatic rings. The molecular formula is C15H20FNO. The molecule has 0 aliphatic heterocycles. The van der Waals surface area contributed by atoms with E-state index in [1.165, 1.54) is 31.7 Å². The molecule has 2 aliphatic carbocycles. The SMILES string of the molecule is NCc1c(F)cccc1OCC1CC2CCC1C2. The van der Waals surface area contributed by atoms with Crippen molar-refractivity contribution < 1.29 is 9.13 Å². The van der Waals surface area contributed by atoms with Crippen molar-refractivity contribution in [3.05, 3.63) is 29.6 Å². The third kappa shape index (κ3) is 2.12. The number of fused-ring (bicyclic) bond motifs is 2. The molecular weight excluding hydrogens is 229 g/mol. The number of benzene rings is 1. The maximum Gasteiger partial charge on any atom is 0.131 e. The molecule has 2 bridgehead atoms. The topological polar surface area (TPSA) is 35.2 Å². The summed E-state index contributed by atoms with van der Waals surface area (Å²) in [6.45, 7) is 0.913. The maximum absolute atomic E-state index is 13.5. The molecule has 0 radical (unpaired) electrons. The van der Waals surface area contributed by atoms with E-state index in [-0.39, 0.29) is 12.4 Å². The minimum atomic E-state index is -0.261. The van der Waals surface area contributed by atoms with Gasteiger partial charge in [-0.3, -0.25) is 0 Å². The fourth-order valence-electron chi connectivity index (χ4n) is 3.65. The van der Waals surface area contributed by atoms with Crippen LogP contribution in [0, 0.1) is 23.6 Å². The van der Waals surface area contributed by atoms with Crippen LogP contribution in [0.5, 0.6) is 5.75 Å². The maximum atomic E-state index is 13.5. The quantitative estimate of drug-likeness (QED) is 0.890. The molecule has 1 aromatic rings. The predicted octanol–water partition coefficient (Wildman–Crippen LogP) is 3.10. The van der Waals surface area contributed by atoms with Crippen molar-refractivity contribution in [2.24, 2.45) is 23.5 Å². The first-order chi connectivity index (χ1) is 8.78. The molecule has 2 nitrogen and oxygen atoms in total. The van der Waals surface area contributed by atoms with Gasteiger partial charge in [0.2, 0.25) is 0 Å². The van der Waals surface area contributed by atoms with Crippen molar-refractivity contribution >= 4 is 0 Å². The number of hydrogen-bond donors (Lipinski definition) is 1. The van der Waals surface area contributed by atoms with E-state index in [1.807, 2.05) is 6.07 Å². The average Bonchev–Trinajstić information content (AvgIpc) is 2.98. The van der Waals surface area contributed by atoms with Gasteiger partial charge in [-0.2, -0.15) is 0 Å². The van der Waals surface area contributed by atoms with E-state index in [4.69, 9.17) is 10.5 Å². The highest BCUT2D eigenvalue weighted by molar-refractivity contribution is 5.34. The second-order valence-electron chi connectivity index (χ2n) is 5.67. The summed E-state index contributed by atoms with van der Waals surface area (Å²) in [6, 6.07) is 4.94. The van der Waals surface area contributed by atoms with Gasteiger partial charge >= 0.3 is 0 Å². The summed E-state index contributed by atoms with van der Waals surface area (Å²) in [7, 11) is 0. The van der Waals surface area contributed by atoms with E-state index in [9.17, 15) is 4.39 Å². The van der Waals surface area contributed by atoms with Gasteiger partial charge < -0.3 is 10.5 Å². The number of nitrogens with two attached hydrogens (primary N) is 1. The molecule has 3 atom stereocenters. The van der Waals surface area contributed by atoms with Crippen LogP contribution in [0.25, 0.3) is 0 Å². The first-order valence-corrected chi connectivity index (χ1v) is 6.88. The Balaban J connectivity index is 1.65. The fourth-order valence-corrected chi connectivity index (χ4v) is 3.65. The number of rotatable bonds is 4. The molecule has 18 heavy (non-hydrogen) atoms. The molecule has 0 amide bonds. The second-order valence-corrected chi connectivity index (χ2v) is 5.67. The molecule has 0 saturated heterocycles. The van der Waals surface area contributed by atoms with Crippen LogP contribution >= 0.6 is 0 Å². The summed E-state index contributed by atoms with van der Waals surface area (Å²) < 4.78 is 19.4. The lowest BCUT2D eigenvalue weighted by atomic mass is 9.89. The van der Waals surface area contributed by atoms with Gasteiger partial charge in [-0.15, -0.1) is 0 Å². The van der Waals surface area contributed by atoms with E-state index in [0.717, 1.165) is 18.4 Å². The van der Waals surface area contributed by atoms with Gasteiger partial charge in [0, 0.05) is 12.1 Å². The third-order valence-corrected chi connectivity index (χ3v) is 4.62. The molecule has 1 aromatic carbocycles. The van der Waals surface area contributed by atoms with E-state index in [0.29, 0.717) is 17.2 Å². The fraction of sp³-hybridized carbons (Fsp3) is 0.600. The van der Waals surface area contributed by atoms with Gasteiger partial charge in [-0.05, 0) is 49.1 Å². The van der Waals surface area contributed by atoms with Crippen molar-refractivity contribution in [1.29, 1.82) is 0 Å². The Morgan fingerprint density at radius 2 is 2.17 bits per heavy atom. The minimum absolute atomic E-state index is 0.193. The minimum Gasteiger partial charge on any atom is -0.493 e. The van der Waals surface area contributed by atoms with Gasteiger partial charge in [0.05, 0.1) is 6.61 Å². The van der Waals surface area contributed by atoms with Crippen molar-refractivity contribution in [3.8, 4) is 5.75 Å². The second kappa shape index (κ2) is 4.88. The summed E-state index contributed by atoms with van der Waals surface area (Å²) in [5, 5.41) is 0.